The van der Waals surface area contributed by atoms with Gasteiger partial charge in [0.25, 0.3) is 5.91 Å². The van der Waals surface area contributed by atoms with E-state index in [4.69, 9.17) is 6.57 Å². The first-order chi connectivity index (χ1) is 9.76. The maximum absolute atomic E-state index is 12.8. The smallest absolute Gasteiger partial charge is 0.324 e. The van der Waals surface area contributed by atoms with Gasteiger partial charge in [-0.2, -0.15) is 18.3 Å². The van der Waals surface area contributed by atoms with Crippen molar-refractivity contribution in [1.82, 2.24) is 5.43 Å². The van der Waals surface area contributed by atoms with E-state index in [9.17, 15) is 18.0 Å². The number of rotatable bonds is 2. The monoisotopic (exact) mass is 296 g/mol. The van der Waals surface area contributed by atoms with Crippen LogP contribution in [-0.2, 0) is 11.0 Å². The number of hydrogen-bond donors (Lipinski definition) is 2. The number of amides is 1. The summed E-state index contributed by atoms with van der Waals surface area (Å²) in [5, 5.41) is 6.13. The van der Waals surface area contributed by atoms with Crippen LogP contribution in [0.1, 0.15) is 18.9 Å². The lowest BCUT2D eigenvalue weighted by atomic mass is 9.99. The molecule has 1 aliphatic heterocycles. The number of carbonyl (C=O) groups is 1. The number of benzene rings is 1. The molecule has 1 aromatic rings. The molecule has 0 saturated heterocycles. The zero-order valence-corrected chi connectivity index (χ0v) is 11.0. The molecule has 0 saturated carbocycles. The minimum absolute atomic E-state index is 0.0188. The predicted molar refractivity (Wildman–Crippen MR) is 71.0 cm³/mol. The van der Waals surface area contributed by atoms with E-state index in [1.165, 1.54) is 12.3 Å². The lowest BCUT2D eigenvalue weighted by molar-refractivity contribution is -0.136. The Balaban J connectivity index is 2.26. The second-order valence-electron chi connectivity index (χ2n) is 4.76. The Morgan fingerprint density at radius 2 is 2.24 bits per heavy atom. The second-order valence-corrected chi connectivity index (χ2v) is 4.76. The summed E-state index contributed by atoms with van der Waals surface area (Å²) < 4.78 is 38.5. The number of halogens is 3. The normalized spacial score (nSPS) is 20.7. The van der Waals surface area contributed by atoms with Gasteiger partial charge < -0.3 is 5.32 Å². The van der Waals surface area contributed by atoms with E-state index in [2.05, 4.69) is 20.7 Å². The van der Waals surface area contributed by atoms with Crippen LogP contribution in [0.3, 0.4) is 0 Å². The van der Waals surface area contributed by atoms with E-state index in [1.54, 1.807) is 6.92 Å². The molecule has 1 aliphatic rings. The molecule has 1 unspecified atom stereocenters. The maximum atomic E-state index is 12.8. The molecule has 0 radical (unpaired) electrons. The molecule has 1 amide bonds. The van der Waals surface area contributed by atoms with Crippen molar-refractivity contribution in [3.63, 3.8) is 0 Å². The molecular weight excluding hydrogens is 285 g/mol. The lowest BCUT2D eigenvalue weighted by Crippen LogP contribution is -2.47. The van der Waals surface area contributed by atoms with Gasteiger partial charge in [-0.1, -0.05) is 6.07 Å². The maximum Gasteiger partial charge on any atom is 0.407 e. The zero-order chi connectivity index (χ0) is 15.7. The summed E-state index contributed by atoms with van der Waals surface area (Å²) in [6.45, 7) is 8.35. The molecule has 5 nitrogen and oxygen atoms in total. The van der Waals surface area contributed by atoms with E-state index in [0.29, 0.717) is 6.42 Å². The average Bonchev–Trinajstić information content (AvgIpc) is 2.86. The van der Waals surface area contributed by atoms with Crippen LogP contribution in [0.5, 0.6) is 0 Å². The Bertz CT molecular complexity index is 638. The van der Waals surface area contributed by atoms with E-state index in [1.807, 2.05) is 0 Å². The SMILES string of the molecule is [C-]#[N+]c1ccc(NC(=O)C2(C)CC=NN2)cc1C(F)(F)F. The molecule has 0 bridgehead atoms. The molecule has 2 rings (SSSR count). The highest BCUT2D eigenvalue weighted by molar-refractivity contribution is 6.00. The summed E-state index contributed by atoms with van der Waals surface area (Å²) in [5.41, 5.74) is 0.0204. The molecule has 0 fully saturated rings. The standard InChI is InChI=1S/C13H11F3N4O/c1-12(5-6-18-20-12)11(21)19-8-3-4-10(17-2)9(7-8)13(14,15)16/h3-4,6-7,20H,5H2,1H3,(H,19,21). The van der Waals surface area contributed by atoms with Crippen LogP contribution < -0.4 is 10.7 Å². The van der Waals surface area contributed by atoms with Crippen molar-refractivity contribution >= 4 is 23.5 Å². The van der Waals surface area contributed by atoms with Crippen molar-refractivity contribution in [3.8, 4) is 0 Å². The van der Waals surface area contributed by atoms with Crippen LogP contribution >= 0.6 is 0 Å². The molecule has 2 N–H and O–H groups in total. The first kappa shape index (κ1) is 14.8. The fraction of sp³-hybridized carbons (Fsp3) is 0.308. The summed E-state index contributed by atoms with van der Waals surface area (Å²) >= 11 is 0. The summed E-state index contributed by atoms with van der Waals surface area (Å²) in [7, 11) is 0. The number of hydrogen-bond acceptors (Lipinski definition) is 3. The minimum atomic E-state index is -4.65. The van der Waals surface area contributed by atoms with Crippen molar-refractivity contribution < 1.29 is 18.0 Å². The highest BCUT2D eigenvalue weighted by Crippen LogP contribution is 2.38. The molecule has 0 aromatic heterocycles. The fourth-order valence-corrected chi connectivity index (χ4v) is 1.81. The molecular formula is C13H11F3N4O. The van der Waals surface area contributed by atoms with Crippen molar-refractivity contribution in [3.05, 3.63) is 35.2 Å². The first-order valence-corrected chi connectivity index (χ1v) is 5.95. The van der Waals surface area contributed by atoms with Crippen molar-refractivity contribution in [2.24, 2.45) is 5.10 Å². The van der Waals surface area contributed by atoms with Crippen LogP contribution in [0.25, 0.3) is 4.85 Å². The van der Waals surface area contributed by atoms with E-state index < -0.39 is 28.9 Å². The second kappa shape index (κ2) is 5.09. The molecule has 8 heteroatoms. The number of alkyl halides is 3. The number of anilines is 1. The van der Waals surface area contributed by atoms with Gasteiger partial charge in [-0.25, -0.2) is 4.85 Å². The molecule has 0 aliphatic carbocycles. The third-order valence-electron chi connectivity index (χ3n) is 3.08. The Hall–Kier alpha value is -2.56. The Labute approximate surface area is 118 Å². The summed E-state index contributed by atoms with van der Waals surface area (Å²) in [5.74, 6) is -0.497. The van der Waals surface area contributed by atoms with Crippen molar-refractivity contribution in [2.45, 2.75) is 25.1 Å². The van der Waals surface area contributed by atoms with Crippen LogP contribution in [0.2, 0.25) is 0 Å². The van der Waals surface area contributed by atoms with Crippen LogP contribution in [-0.4, -0.2) is 17.7 Å². The number of nitrogens with zero attached hydrogens (tertiary/aromatic N) is 2. The quantitative estimate of drug-likeness (QED) is 0.824. The summed E-state index contributed by atoms with van der Waals surface area (Å²) in [4.78, 5) is 14.9. The molecule has 1 aromatic carbocycles. The predicted octanol–water partition coefficient (Wildman–Crippen LogP) is 2.93. The fourth-order valence-electron chi connectivity index (χ4n) is 1.81. The third kappa shape index (κ3) is 2.97. The van der Waals surface area contributed by atoms with E-state index in [0.717, 1.165) is 12.1 Å². The van der Waals surface area contributed by atoms with Gasteiger partial charge in [0.2, 0.25) is 0 Å². The van der Waals surface area contributed by atoms with Crippen LogP contribution in [0.4, 0.5) is 24.5 Å². The van der Waals surface area contributed by atoms with Gasteiger partial charge in [0.1, 0.15) is 5.54 Å². The molecule has 1 atom stereocenters. The number of nitrogens with one attached hydrogen (secondary N) is 2. The first-order valence-electron chi connectivity index (χ1n) is 5.95. The van der Waals surface area contributed by atoms with Gasteiger partial charge in [0, 0.05) is 18.3 Å². The zero-order valence-electron chi connectivity index (χ0n) is 11.0. The Morgan fingerprint density at radius 3 is 2.76 bits per heavy atom. The number of carbonyl (C=O) groups excluding carboxylic acids is 1. The highest BCUT2D eigenvalue weighted by atomic mass is 19.4. The van der Waals surface area contributed by atoms with Gasteiger partial charge in [0.15, 0.2) is 5.69 Å². The summed E-state index contributed by atoms with van der Waals surface area (Å²) in [6.07, 6.45) is -2.80. The molecule has 1 heterocycles. The summed E-state index contributed by atoms with van der Waals surface area (Å²) in [6, 6.07) is 3.05. The average molecular weight is 296 g/mol. The van der Waals surface area contributed by atoms with Crippen LogP contribution in [0.15, 0.2) is 23.3 Å². The van der Waals surface area contributed by atoms with Crippen molar-refractivity contribution in [2.75, 3.05) is 5.32 Å². The topological polar surface area (TPSA) is 57.9 Å². The van der Waals surface area contributed by atoms with Gasteiger partial charge >= 0.3 is 6.18 Å². The van der Waals surface area contributed by atoms with Gasteiger partial charge in [-0.15, -0.1) is 0 Å². The number of hydrazone groups is 1. The molecule has 21 heavy (non-hydrogen) atoms. The molecule has 0 spiro atoms. The van der Waals surface area contributed by atoms with E-state index >= 15 is 0 Å². The van der Waals surface area contributed by atoms with Gasteiger partial charge in [-0.05, 0) is 19.1 Å². The van der Waals surface area contributed by atoms with Gasteiger partial charge in [-0.3, -0.25) is 10.2 Å². The Morgan fingerprint density at radius 1 is 1.52 bits per heavy atom. The minimum Gasteiger partial charge on any atom is -0.324 e. The third-order valence-corrected chi connectivity index (χ3v) is 3.08. The van der Waals surface area contributed by atoms with Gasteiger partial charge in [0.05, 0.1) is 12.1 Å². The lowest BCUT2D eigenvalue weighted by Gasteiger charge is -2.22. The Kier molecular flexibility index (Phi) is 3.60. The largest absolute Gasteiger partial charge is 0.407 e. The highest BCUT2D eigenvalue weighted by Gasteiger charge is 2.36. The van der Waals surface area contributed by atoms with Crippen molar-refractivity contribution in [1.29, 1.82) is 0 Å². The molecule has 110 valence electrons. The van der Waals surface area contributed by atoms with Crippen LogP contribution in [0, 0.1) is 6.57 Å². The van der Waals surface area contributed by atoms with E-state index in [-0.39, 0.29) is 5.69 Å².